The van der Waals surface area contributed by atoms with Crippen LogP contribution in [0.1, 0.15) is 45.8 Å². The van der Waals surface area contributed by atoms with Gasteiger partial charge in [-0.1, -0.05) is 29.5 Å². The van der Waals surface area contributed by atoms with Crippen molar-refractivity contribution < 1.29 is 19.4 Å². The normalized spacial score (nSPS) is 11.7. The molecule has 0 saturated heterocycles. The Morgan fingerprint density at radius 3 is 2.34 bits per heavy atom. The number of rotatable bonds is 10. The summed E-state index contributed by atoms with van der Waals surface area (Å²) in [6.07, 6.45) is 0. The Kier molecular flexibility index (Phi) is 8.89. The Hall–Kier alpha value is -3.37. The molecule has 0 aliphatic rings. The van der Waals surface area contributed by atoms with Crippen LogP contribution < -0.4 is 15.4 Å². The first kappa shape index (κ1) is 26.2. The number of amides is 2. The minimum atomic E-state index is -0.752. The average Bonchev–Trinajstić information content (AvgIpc) is 3.26. The minimum Gasteiger partial charge on any atom is -0.497 e. The molecule has 0 saturated carbocycles. The van der Waals surface area contributed by atoms with Crippen molar-refractivity contribution in [3.05, 3.63) is 64.5 Å². The van der Waals surface area contributed by atoms with Crippen LogP contribution in [0.15, 0.2) is 41.6 Å². The number of hydrogen-bond acceptors (Lipinski definition) is 7. The lowest BCUT2D eigenvalue weighted by Crippen LogP contribution is -2.32. The van der Waals surface area contributed by atoms with Gasteiger partial charge in [-0.2, -0.15) is 0 Å². The van der Waals surface area contributed by atoms with E-state index < -0.39 is 6.04 Å². The van der Waals surface area contributed by atoms with Crippen LogP contribution >= 0.6 is 11.8 Å². The molecule has 2 aromatic carbocycles. The van der Waals surface area contributed by atoms with Gasteiger partial charge in [0.2, 0.25) is 5.91 Å². The Labute approximate surface area is 209 Å². The predicted octanol–water partition coefficient (Wildman–Crippen LogP) is 3.43. The molecule has 0 aliphatic heterocycles. The van der Waals surface area contributed by atoms with Crippen LogP contribution in [0.5, 0.6) is 5.75 Å². The number of nitrogens with one attached hydrogen (secondary N) is 2. The summed E-state index contributed by atoms with van der Waals surface area (Å²) in [4.78, 5) is 25.3. The third-order valence-electron chi connectivity index (χ3n) is 5.49. The van der Waals surface area contributed by atoms with Crippen molar-refractivity contribution in [2.45, 2.75) is 45.4 Å². The number of aliphatic hydroxyl groups is 1. The maximum atomic E-state index is 12.7. The van der Waals surface area contributed by atoms with Gasteiger partial charge < -0.3 is 25.0 Å². The van der Waals surface area contributed by atoms with Crippen LogP contribution in [-0.4, -0.2) is 51.2 Å². The SMILES string of the molecule is CCn1c(SCC(=O)Nc2c(C)cc(C)cc2C)nnc1[C@H](CO)NC(=O)c1ccc(OC)cc1. The lowest BCUT2D eigenvalue weighted by atomic mass is 10.1. The Bertz CT molecular complexity index is 1170. The second kappa shape index (κ2) is 11.9. The maximum absolute atomic E-state index is 12.7. The number of methoxy groups -OCH3 is 1. The molecule has 0 unspecified atom stereocenters. The number of benzene rings is 2. The van der Waals surface area contributed by atoms with Gasteiger partial charge in [-0.3, -0.25) is 9.59 Å². The average molecular weight is 498 g/mol. The minimum absolute atomic E-state index is 0.146. The summed E-state index contributed by atoms with van der Waals surface area (Å²) in [5.41, 5.74) is 4.42. The molecule has 3 rings (SSSR count). The van der Waals surface area contributed by atoms with E-state index in [-0.39, 0.29) is 24.2 Å². The number of thioether (sulfide) groups is 1. The molecule has 3 N–H and O–H groups in total. The van der Waals surface area contributed by atoms with Crippen LogP contribution in [0.2, 0.25) is 0 Å². The van der Waals surface area contributed by atoms with Gasteiger partial charge in [-0.25, -0.2) is 0 Å². The van der Waals surface area contributed by atoms with Gasteiger partial charge in [0.15, 0.2) is 11.0 Å². The van der Waals surface area contributed by atoms with E-state index in [2.05, 4.69) is 20.8 Å². The molecule has 1 heterocycles. The fourth-order valence-corrected chi connectivity index (χ4v) is 4.63. The van der Waals surface area contributed by atoms with E-state index >= 15 is 0 Å². The molecule has 0 aliphatic carbocycles. The molecule has 0 bridgehead atoms. The van der Waals surface area contributed by atoms with Crippen LogP contribution in [-0.2, 0) is 11.3 Å². The lowest BCUT2D eigenvalue weighted by Gasteiger charge is -2.17. The first-order valence-electron chi connectivity index (χ1n) is 11.3. The van der Waals surface area contributed by atoms with E-state index in [0.717, 1.165) is 22.4 Å². The summed E-state index contributed by atoms with van der Waals surface area (Å²) >= 11 is 1.25. The quantitative estimate of drug-likeness (QED) is 0.367. The lowest BCUT2D eigenvalue weighted by molar-refractivity contribution is -0.113. The number of aryl methyl sites for hydroxylation is 3. The van der Waals surface area contributed by atoms with Crippen LogP contribution in [0, 0.1) is 20.8 Å². The predicted molar refractivity (Wildman–Crippen MR) is 136 cm³/mol. The molecule has 35 heavy (non-hydrogen) atoms. The molecule has 0 radical (unpaired) electrons. The molecule has 1 atom stereocenters. The number of anilines is 1. The molecular formula is C25H31N5O4S. The van der Waals surface area contributed by atoms with Crippen molar-refractivity contribution >= 4 is 29.3 Å². The van der Waals surface area contributed by atoms with Crippen molar-refractivity contribution in [3.63, 3.8) is 0 Å². The van der Waals surface area contributed by atoms with Gasteiger partial charge in [0.05, 0.1) is 19.5 Å². The smallest absolute Gasteiger partial charge is 0.251 e. The molecule has 2 amide bonds. The highest BCUT2D eigenvalue weighted by Crippen LogP contribution is 2.24. The number of carbonyl (C=O) groups is 2. The number of aliphatic hydroxyl groups excluding tert-OH is 1. The number of carbonyl (C=O) groups excluding carboxylic acids is 2. The molecule has 9 nitrogen and oxygen atoms in total. The van der Waals surface area contributed by atoms with E-state index in [1.54, 1.807) is 35.9 Å². The van der Waals surface area contributed by atoms with Crippen molar-refractivity contribution in [3.8, 4) is 5.75 Å². The number of hydrogen-bond donors (Lipinski definition) is 3. The van der Waals surface area contributed by atoms with Crippen molar-refractivity contribution in [1.29, 1.82) is 0 Å². The van der Waals surface area contributed by atoms with Crippen molar-refractivity contribution in [1.82, 2.24) is 20.1 Å². The van der Waals surface area contributed by atoms with E-state index in [4.69, 9.17) is 4.74 Å². The van der Waals surface area contributed by atoms with E-state index in [1.165, 1.54) is 11.8 Å². The standard InChI is InChI=1S/C25H31N5O4S/c1-6-30-23(20(13-31)26-24(33)18-7-9-19(34-5)10-8-18)28-29-25(30)35-14-21(32)27-22-16(3)11-15(2)12-17(22)4/h7-12,20,31H,6,13-14H2,1-5H3,(H,26,33)(H,27,32)/t20-/m0/s1. The van der Waals surface area contributed by atoms with Crippen molar-refractivity contribution in [2.75, 3.05) is 24.8 Å². The number of ether oxygens (including phenoxy) is 1. The molecule has 0 spiro atoms. The number of nitrogens with zero attached hydrogens (tertiary/aromatic N) is 3. The summed E-state index contributed by atoms with van der Waals surface area (Å²) in [5, 5.41) is 24.7. The van der Waals surface area contributed by atoms with Gasteiger partial charge in [0, 0.05) is 17.8 Å². The highest BCUT2D eigenvalue weighted by atomic mass is 32.2. The fourth-order valence-electron chi connectivity index (χ4n) is 3.82. The highest BCUT2D eigenvalue weighted by molar-refractivity contribution is 7.99. The molecule has 3 aromatic rings. The van der Waals surface area contributed by atoms with Crippen LogP contribution in [0.4, 0.5) is 5.69 Å². The van der Waals surface area contributed by atoms with Gasteiger partial charge in [-0.15, -0.1) is 10.2 Å². The fraction of sp³-hybridized carbons (Fsp3) is 0.360. The summed E-state index contributed by atoms with van der Waals surface area (Å²) < 4.78 is 6.91. The van der Waals surface area contributed by atoms with Crippen LogP contribution in [0.25, 0.3) is 0 Å². The van der Waals surface area contributed by atoms with Crippen LogP contribution in [0.3, 0.4) is 0 Å². The molecule has 1 aromatic heterocycles. The highest BCUT2D eigenvalue weighted by Gasteiger charge is 2.23. The van der Waals surface area contributed by atoms with E-state index in [1.807, 2.05) is 39.8 Å². The first-order chi connectivity index (χ1) is 16.8. The zero-order valence-corrected chi connectivity index (χ0v) is 21.4. The summed E-state index contributed by atoms with van der Waals surface area (Å²) in [5.74, 6) is 0.709. The van der Waals surface area contributed by atoms with Gasteiger partial charge in [0.25, 0.3) is 5.91 Å². The second-order valence-electron chi connectivity index (χ2n) is 8.13. The topological polar surface area (TPSA) is 118 Å². The summed E-state index contributed by atoms with van der Waals surface area (Å²) in [7, 11) is 1.55. The summed E-state index contributed by atoms with van der Waals surface area (Å²) in [6.45, 7) is 8.04. The first-order valence-corrected chi connectivity index (χ1v) is 12.2. The van der Waals surface area contributed by atoms with E-state index in [0.29, 0.717) is 28.8 Å². The third kappa shape index (κ3) is 6.40. The molecule has 186 valence electrons. The Morgan fingerprint density at radius 1 is 1.11 bits per heavy atom. The Morgan fingerprint density at radius 2 is 1.77 bits per heavy atom. The summed E-state index contributed by atoms with van der Waals surface area (Å²) in [6, 6.07) is 9.98. The third-order valence-corrected chi connectivity index (χ3v) is 6.45. The monoisotopic (exact) mass is 497 g/mol. The van der Waals surface area contributed by atoms with E-state index in [9.17, 15) is 14.7 Å². The molecule has 10 heteroatoms. The van der Waals surface area contributed by atoms with Gasteiger partial charge in [0.1, 0.15) is 11.8 Å². The largest absolute Gasteiger partial charge is 0.497 e. The zero-order valence-electron chi connectivity index (χ0n) is 20.6. The number of aromatic nitrogens is 3. The molecule has 0 fully saturated rings. The van der Waals surface area contributed by atoms with Crippen molar-refractivity contribution in [2.24, 2.45) is 0 Å². The maximum Gasteiger partial charge on any atom is 0.251 e. The molecular weight excluding hydrogens is 466 g/mol. The Balaban J connectivity index is 1.68. The second-order valence-corrected chi connectivity index (χ2v) is 9.08. The zero-order chi connectivity index (χ0) is 25.5. The van der Waals surface area contributed by atoms with Gasteiger partial charge >= 0.3 is 0 Å². The van der Waals surface area contributed by atoms with Gasteiger partial charge in [-0.05, 0) is 63.1 Å².